The highest BCUT2D eigenvalue weighted by Crippen LogP contribution is 2.22. The van der Waals surface area contributed by atoms with Crippen LogP contribution in [0.25, 0.3) is 0 Å². The Bertz CT molecular complexity index is 337. The molecule has 2 N–H and O–H groups in total. The van der Waals surface area contributed by atoms with E-state index in [-0.39, 0.29) is 6.04 Å². The Morgan fingerprint density at radius 3 is 2.50 bits per heavy atom. The van der Waals surface area contributed by atoms with Crippen LogP contribution in [0.15, 0.2) is 18.2 Å². The standard InChI is InChI=1S/C13H19Cl2N/c1-9(2)13(16)5-3-4-10-6-7-11(14)8-12(10)15/h6-9,13H,3-5,16H2,1-2H3. The molecule has 0 saturated heterocycles. The van der Waals surface area contributed by atoms with Crippen molar-refractivity contribution in [1.29, 1.82) is 0 Å². The lowest BCUT2D eigenvalue weighted by atomic mass is 9.98. The van der Waals surface area contributed by atoms with Gasteiger partial charge in [0.15, 0.2) is 0 Å². The predicted molar refractivity (Wildman–Crippen MR) is 72.2 cm³/mol. The molecule has 1 atom stereocenters. The van der Waals surface area contributed by atoms with E-state index in [2.05, 4.69) is 13.8 Å². The third-order valence-electron chi connectivity index (χ3n) is 2.85. The quantitative estimate of drug-likeness (QED) is 0.839. The molecule has 16 heavy (non-hydrogen) atoms. The summed E-state index contributed by atoms with van der Waals surface area (Å²) in [6.07, 6.45) is 3.08. The van der Waals surface area contributed by atoms with E-state index in [0.29, 0.717) is 10.9 Å². The summed E-state index contributed by atoms with van der Waals surface area (Å²) >= 11 is 11.9. The van der Waals surface area contributed by atoms with Gasteiger partial charge in [0.2, 0.25) is 0 Å². The lowest BCUT2D eigenvalue weighted by molar-refractivity contribution is 0.452. The Morgan fingerprint density at radius 2 is 1.94 bits per heavy atom. The van der Waals surface area contributed by atoms with Crippen molar-refractivity contribution in [1.82, 2.24) is 0 Å². The molecule has 0 amide bonds. The number of nitrogens with two attached hydrogens (primary N) is 1. The molecule has 1 nitrogen and oxygen atoms in total. The lowest BCUT2D eigenvalue weighted by Gasteiger charge is -2.15. The Morgan fingerprint density at radius 1 is 1.25 bits per heavy atom. The highest BCUT2D eigenvalue weighted by molar-refractivity contribution is 6.35. The maximum Gasteiger partial charge on any atom is 0.0452 e. The van der Waals surface area contributed by atoms with Crippen LogP contribution in [0.2, 0.25) is 10.0 Å². The van der Waals surface area contributed by atoms with Gasteiger partial charge in [0.25, 0.3) is 0 Å². The van der Waals surface area contributed by atoms with Crippen LogP contribution < -0.4 is 5.73 Å². The molecule has 0 saturated carbocycles. The van der Waals surface area contributed by atoms with Gasteiger partial charge in [-0.25, -0.2) is 0 Å². The van der Waals surface area contributed by atoms with Crippen LogP contribution in [0.1, 0.15) is 32.3 Å². The van der Waals surface area contributed by atoms with Gasteiger partial charge in [-0.3, -0.25) is 0 Å². The minimum Gasteiger partial charge on any atom is -0.327 e. The van der Waals surface area contributed by atoms with Crippen molar-refractivity contribution in [2.75, 3.05) is 0 Å². The molecule has 0 aliphatic carbocycles. The number of hydrogen-bond acceptors (Lipinski definition) is 1. The minimum atomic E-state index is 0.283. The van der Waals surface area contributed by atoms with Crippen molar-refractivity contribution in [3.8, 4) is 0 Å². The van der Waals surface area contributed by atoms with E-state index >= 15 is 0 Å². The first kappa shape index (κ1) is 13.8. The highest BCUT2D eigenvalue weighted by Gasteiger charge is 2.08. The summed E-state index contributed by atoms with van der Waals surface area (Å²) in [6.45, 7) is 4.31. The first-order valence-electron chi connectivity index (χ1n) is 5.70. The molecule has 3 heteroatoms. The van der Waals surface area contributed by atoms with Crippen molar-refractivity contribution in [3.05, 3.63) is 33.8 Å². The summed E-state index contributed by atoms with van der Waals surface area (Å²) < 4.78 is 0. The molecule has 0 heterocycles. The predicted octanol–water partition coefficient (Wildman–Crippen LogP) is 4.30. The van der Waals surface area contributed by atoms with Gasteiger partial charge in [-0.15, -0.1) is 0 Å². The summed E-state index contributed by atoms with van der Waals surface area (Å²) in [7, 11) is 0. The second-order valence-electron chi connectivity index (χ2n) is 4.54. The van der Waals surface area contributed by atoms with E-state index < -0.39 is 0 Å². The Labute approximate surface area is 108 Å². The summed E-state index contributed by atoms with van der Waals surface area (Å²) in [5, 5.41) is 1.44. The number of halogens is 2. The van der Waals surface area contributed by atoms with E-state index in [1.165, 1.54) is 0 Å². The van der Waals surface area contributed by atoms with Crippen molar-refractivity contribution in [3.63, 3.8) is 0 Å². The van der Waals surface area contributed by atoms with Gasteiger partial charge in [0.1, 0.15) is 0 Å². The second-order valence-corrected chi connectivity index (χ2v) is 5.38. The Hall–Kier alpha value is -0.240. The van der Waals surface area contributed by atoms with Crippen LogP contribution in [0.4, 0.5) is 0 Å². The van der Waals surface area contributed by atoms with Gasteiger partial charge in [0, 0.05) is 16.1 Å². The third kappa shape index (κ3) is 4.32. The van der Waals surface area contributed by atoms with Crippen molar-refractivity contribution in [2.45, 2.75) is 39.2 Å². The van der Waals surface area contributed by atoms with Crippen molar-refractivity contribution < 1.29 is 0 Å². The molecule has 90 valence electrons. The molecule has 0 radical (unpaired) electrons. The van der Waals surface area contributed by atoms with Gasteiger partial charge < -0.3 is 5.73 Å². The molecule has 0 aliphatic heterocycles. The minimum absolute atomic E-state index is 0.283. The summed E-state index contributed by atoms with van der Waals surface area (Å²) in [5.74, 6) is 0.542. The van der Waals surface area contributed by atoms with Crippen LogP contribution in [-0.4, -0.2) is 6.04 Å². The number of aryl methyl sites for hydroxylation is 1. The van der Waals surface area contributed by atoms with E-state index in [4.69, 9.17) is 28.9 Å². The summed E-state index contributed by atoms with van der Waals surface area (Å²) in [4.78, 5) is 0. The van der Waals surface area contributed by atoms with E-state index in [1.807, 2.05) is 12.1 Å². The van der Waals surface area contributed by atoms with E-state index in [9.17, 15) is 0 Å². The molecule has 0 spiro atoms. The largest absolute Gasteiger partial charge is 0.327 e. The monoisotopic (exact) mass is 259 g/mol. The average Bonchev–Trinajstić information content (AvgIpc) is 2.20. The van der Waals surface area contributed by atoms with Gasteiger partial charge in [-0.05, 0) is 42.9 Å². The van der Waals surface area contributed by atoms with Crippen molar-refractivity contribution >= 4 is 23.2 Å². The van der Waals surface area contributed by atoms with Gasteiger partial charge in [-0.2, -0.15) is 0 Å². The zero-order valence-corrected chi connectivity index (χ0v) is 11.4. The Kier molecular flexibility index (Phi) is 5.60. The zero-order valence-electron chi connectivity index (χ0n) is 9.84. The summed E-state index contributed by atoms with van der Waals surface area (Å²) in [6, 6.07) is 5.95. The first-order chi connectivity index (χ1) is 7.50. The number of benzene rings is 1. The van der Waals surface area contributed by atoms with Crippen LogP contribution in [-0.2, 0) is 6.42 Å². The van der Waals surface area contributed by atoms with Crippen LogP contribution in [0, 0.1) is 5.92 Å². The van der Waals surface area contributed by atoms with Crippen LogP contribution in [0.5, 0.6) is 0 Å². The smallest absolute Gasteiger partial charge is 0.0452 e. The van der Waals surface area contributed by atoms with Gasteiger partial charge >= 0.3 is 0 Å². The maximum atomic E-state index is 6.09. The summed E-state index contributed by atoms with van der Waals surface area (Å²) in [5.41, 5.74) is 7.14. The fraction of sp³-hybridized carbons (Fsp3) is 0.538. The third-order valence-corrected chi connectivity index (χ3v) is 3.44. The molecular weight excluding hydrogens is 241 g/mol. The second kappa shape index (κ2) is 6.48. The molecule has 0 aromatic heterocycles. The maximum absolute atomic E-state index is 6.09. The Balaban J connectivity index is 2.43. The molecule has 1 unspecified atom stereocenters. The molecule has 0 bridgehead atoms. The first-order valence-corrected chi connectivity index (χ1v) is 6.46. The normalized spacial score (nSPS) is 13.1. The van der Waals surface area contributed by atoms with Crippen LogP contribution >= 0.6 is 23.2 Å². The fourth-order valence-corrected chi connectivity index (χ4v) is 2.09. The molecule has 1 aromatic carbocycles. The molecular formula is C13H19Cl2N. The van der Waals surface area contributed by atoms with Gasteiger partial charge in [-0.1, -0.05) is 43.1 Å². The molecule has 0 fully saturated rings. The topological polar surface area (TPSA) is 26.0 Å². The van der Waals surface area contributed by atoms with E-state index in [1.54, 1.807) is 6.07 Å². The number of rotatable bonds is 5. The lowest BCUT2D eigenvalue weighted by Crippen LogP contribution is -2.26. The molecule has 0 aliphatic rings. The van der Waals surface area contributed by atoms with Gasteiger partial charge in [0.05, 0.1) is 0 Å². The fourth-order valence-electron chi connectivity index (χ4n) is 1.59. The highest BCUT2D eigenvalue weighted by atomic mass is 35.5. The SMILES string of the molecule is CC(C)C(N)CCCc1ccc(Cl)cc1Cl. The van der Waals surface area contributed by atoms with Crippen LogP contribution in [0.3, 0.4) is 0 Å². The molecule has 1 rings (SSSR count). The molecule has 1 aromatic rings. The van der Waals surface area contributed by atoms with E-state index in [0.717, 1.165) is 29.8 Å². The number of hydrogen-bond donors (Lipinski definition) is 1. The average molecular weight is 260 g/mol. The van der Waals surface area contributed by atoms with Crippen molar-refractivity contribution in [2.24, 2.45) is 11.7 Å². The zero-order chi connectivity index (χ0) is 12.1.